The minimum atomic E-state index is 0.0469. The van der Waals surface area contributed by atoms with Crippen LogP contribution in [0, 0.1) is 0 Å². The summed E-state index contributed by atoms with van der Waals surface area (Å²) in [6.07, 6.45) is 2.56. The summed E-state index contributed by atoms with van der Waals surface area (Å²) in [4.78, 5) is 12.8. The Kier molecular flexibility index (Phi) is 5.57. The molecule has 0 aromatic heterocycles. The van der Waals surface area contributed by atoms with Crippen LogP contribution in [0.2, 0.25) is 0 Å². The molecule has 1 amide bonds. The summed E-state index contributed by atoms with van der Waals surface area (Å²) >= 11 is 0. The van der Waals surface area contributed by atoms with Gasteiger partial charge in [-0.1, -0.05) is 18.2 Å². The maximum Gasteiger partial charge on any atom is 0.253 e. The van der Waals surface area contributed by atoms with Crippen molar-refractivity contribution < 1.29 is 9.53 Å². The molecular weight excluding hydrogens is 202 g/mol. The minimum Gasteiger partial charge on any atom is -0.381 e. The number of carbonyl (C=O) groups is 1. The first-order chi connectivity index (χ1) is 7.72. The zero-order chi connectivity index (χ0) is 11.8. The zero-order valence-electron chi connectivity index (χ0n) is 9.98. The molecule has 1 heterocycles. The van der Waals surface area contributed by atoms with Crippen LogP contribution in [0.5, 0.6) is 0 Å². The van der Waals surface area contributed by atoms with Gasteiger partial charge in [0.2, 0.25) is 0 Å². The molecule has 0 atom stereocenters. The van der Waals surface area contributed by atoms with Crippen LogP contribution in [-0.2, 0) is 4.74 Å². The fourth-order valence-electron chi connectivity index (χ4n) is 1.35. The smallest absolute Gasteiger partial charge is 0.253 e. The number of hydrogen-bond donors (Lipinski definition) is 0. The molecule has 0 bridgehead atoms. The van der Waals surface area contributed by atoms with E-state index in [1.165, 1.54) is 12.8 Å². The average Bonchev–Trinajstić information content (AvgIpc) is 2.88. The van der Waals surface area contributed by atoms with E-state index in [0.717, 1.165) is 18.8 Å². The van der Waals surface area contributed by atoms with E-state index in [-0.39, 0.29) is 5.91 Å². The van der Waals surface area contributed by atoms with Crippen molar-refractivity contribution >= 4 is 5.91 Å². The molecule has 1 saturated heterocycles. The van der Waals surface area contributed by atoms with Crippen LogP contribution in [0.4, 0.5) is 0 Å². The number of ether oxygens (including phenoxy) is 1. The van der Waals surface area contributed by atoms with Crippen molar-refractivity contribution in [1.29, 1.82) is 0 Å². The van der Waals surface area contributed by atoms with Crippen molar-refractivity contribution in [2.45, 2.75) is 12.8 Å². The predicted octanol–water partition coefficient (Wildman–Crippen LogP) is 2.19. The molecule has 0 N–H and O–H groups in total. The molecule has 1 fully saturated rings. The SMILES string of the molecule is C1CCOC1.CN(C)C(=O)c1ccccc1. The lowest BCUT2D eigenvalue weighted by atomic mass is 10.2. The van der Waals surface area contributed by atoms with Gasteiger partial charge in [0.1, 0.15) is 0 Å². The van der Waals surface area contributed by atoms with Crippen molar-refractivity contribution in [2.75, 3.05) is 27.3 Å². The quantitative estimate of drug-likeness (QED) is 0.727. The first-order valence-corrected chi connectivity index (χ1v) is 5.56. The Labute approximate surface area is 97.0 Å². The van der Waals surface area contributed by atoms with Crippen LogP contribution in [0.3, 0.4) is 0 Å². The summed E-state index contributed by atoms with van der Waals surface area (Å²) in [5.41, 5.74) is 0.734. The molecule has 0 spiro atoms. The van der Waals surface area contributed by atoms with E-state index in [1.54, 1.807) is 19.0 Å². The van der Waals surface area contributed by atoms with E-state index in [2.05, 4.69) is 0 Å². The Balaban J connectivity index is 0.000000212. The molecule has 1 aliphatic heterocycles. The molecule has 1 aliphatic rings. The third-order valence-corrected chi connectivity index (χ3v) is 2.25. The maximum absolute atomic E-state index is 11.3. The summed E-state index contributed by atoms with van der Waals surface area (Å²) in [5.74, 6) is 0.0469. The van der Waals surface area contributed by atoms with E-state index < -0.39 is 0 Å². The molecule has 0 unspecified atom stereocenters. The Bertz CT molecular complexity index is 297. The second-order valence-corrected chi connectivity index (χ2v) is 3.89. The largest absolute Gasteiger partial charge is 0.381 e. The molecule has 3 heteroatoms. The summed E-state index contributed by atoms with van der Waals surface area (Å²) < 4.78 is 4.94. The van der Waals surface area contributed by atoms with E-state index in [4.69, 9.17) is 4.74 Å². The first kappa shape index (κ1) is 12.7. The van der Waals surface area contributed by atoms with Gasteiger partial charge in [-0.3, -0.25) is 4.79 Å². The third-order valence-electron chi connectivity index (χ3n) is 2.25. The van der Waals surface area contributed by atoms with Crippen molar-refractivity contribution in [3.63, 3.8) is 0 Å². The minimum absolute atomic E-state index is 0.0469. The molecule has 16 heavy (non-hydrogen) atoms. The molecule has 0 radical (unpaired) electrons. The van der Waals surface area contributed by atoms with Gasteiger partial charge in [0.05, 0.1) is 0 Å². The summed E-state index contributed by atoms with van der Waals surface area (Å²) in [7, 11) is 3.49. The van der Waals surface area contributed by atoms with E-state index in [0.29, 0.717) is 0 Å². The third kappa shape index (κ3) is 4.45. The average molecular weight is 221 g/mol. The van der Waals surface area contributed by atoms with Crippen molar-refractivity contribution in [3.05, 3.63) is 35.9 Å². The number of hydrogen-bond acceptors (Lipinski definition) is 2. The molecule has 2 rings (SSSR count). The topological polar surface area (TPSA) is 29.5 Å². The molecule has 1 aromatic rings. The van der Waals surface area contributed by atoms with Crippen LogP contribution >= 0.6 is 0 Å². The fraction of sp³-hybridized carbons (Fsp3) is 0.462. The monoisotopic (exact) mass is 221 g/mol. The lowest BCUT2D eigenvalue weighted by Gasteiger charge is -2.08. The van der Waals surface area contributed by atoms with Crippen molar-refractivity contribution in [2.24, 2.45) is 0 Å². The van der Waals surface area contributed by atoms with E-state index >= 15 is 0 Å². The lowest BCUT2D eigenvalue weighted by molar-refractivity contribution is 0.0827. The highest BCUT2D eigenvalue weighted by Crippen LogP contribution is 2.00. The van der Waals surface area contributed by atoms with E-state index in [1.807, 2.05) is 30.3 Å². The van der Waals surface area contributed by atoms with E-state index in [9.17, 15) is 4.79 Å². The lowest BCUT2D eigenvalue weighted by Crippen LogP contribution is -2.21. The number of benzene rings is 1. The first-order valence-electron chi connectivity index (χ1n) is 5.56. The van der Waals surface area contributed by atoms with Gasteiger partial charge in [-0.2, -0.15) is 0 Å². The van der Waals surface area contributed by atoms with Crippen molar-refractivity contribution in [1.82, 2.24) is 4.90 Å². The molecule has 1 aromatic carbocycles. The molecule has 3 nitrogen and oxygen atoms in total. The van der Waals surface area contributed by atoms with Gasteiger partial charge < -0.3 is 9.64 Å². The summed E-state index contributed by atoms with van der Waals surface area (Å²) in [6.45, 7) is 2.00. The highest BCUT2D eigenvalue weighted by molar-refractivity contribution is 5.93. The number of nitrogens with zero attached hydrogens (tertiary/aromatic N) is 1. The van der Waals surface area contributed by atoms with Crippen LogP contribution in [0.25, 0.3) is 0 Å². The highest BCUT2D eigenvalue weighted by Gasteiger charge is 2.04. The number of carbonyl (C=O) groups excluding carboxylic acids is 1. The molecule has 0 saturated carbocycles. The van der Waals surface area contributed by atoms with Gasteiger partial charge in [-0.15, -0.1) is 0 Å². The second kappa shape index (κ2) is 7.01. The van der Waals surface area contributed by atoms with Gasteiger partial charge in [0, 0.05) is 32.9 Å². The van der Waals surface area contributed by atoms with Gasteiger partial charge in [-0.05, 0) is 25.0 Å². The normalized spacial score (nSPS) is 13.9. The molecular formula is C13H19NO2. The molecule has 0 aliphatic carbocycles. The van der Waals surface area contributed by atoms with Gasteiger partial charge >= 0.3 is 0 Å². The number of amides is 1. The maximum atomic E-state index is 11.3. The van der Waals surface area contributed by atoms with Gasteiger partial charge in [0.25, 0.3) is 5.91 Å². The van der Waals surface area contributed by atoms with Crippen LogP contribution in [0.1, 0.15) is 23.2 Å². The predicted molar refractivity (Wildman–Crippen MR) is 64.5 cm³/mol. The standard InChI is InChI=1S/C9H11NO.C4H8O/c1-10(2)9(11)8-6-4-3-5-7-8;1-2-4-5-3-1/h3-7H,1-2H3;1-4H2. The summed E-state index contributed by atoms with van der Waals surface area (Å²) in [6, 6.07) is 9.23. The zero-order valence-corrected chi connectivity index (χ0v) is 9.98. The Morgan fingerprint density at radius 1 is 1.12 bits per heavy atom. The summed E-state index contributed by atoms with van der Waals surface area (Å²) in [5, 5.41) is 0. The van der Waals surface area contributed by atoms with Crippen molar-refractivity contribution in [3.8, 4) is 0 Å². The highest BCUT2D eigenvalue weighted by atomic mass is 16.5. The van der Waals surface area contributed by atoms with Gasteiger partial charge in [-0.25, -0.2) is 0 Å². The Hall–Kier alpha value is -1.35. The van der Waals surface area contributed by atoms with Crippen LogP contribution in [-0.4, -0.2) is 38.1 Å². The fourth-order valence-corrected chi connectivity index (χ4v) is 1.35. The molecule has 88 valence electrons. The van der Waals surface area contributed by atoms with Gasteiger partial charge in [0.15, 0.2) is 0 Å². The van der Waals surface area contributed by atoms with Crippen LogP contribution in [0.15, 0.2) is 30.3 Å². The number of rotatable bonds is 1. The Morgan fingerprint density at radius 2 is 1.69 bits per heavy atom. The Morgan fingerprint density at radius 3 is 2.06 bits per heavy atom. The van der Waals surface area contributed by atoms with Crippen LogP contribution < -0.4 is 0 Å². The second-order valence-electron chi connectivity index (χ2n) is 3.89.